The highest BCUT2D eigenvalue weighted by atomic mass is 79.9. The van der Waals surface area contributed by atoms with Crippen molar-refractivity contribution in [2.45, 2.75) is 58.4 Å². The molecular formula is C15H24BrN. The molecule has 0 amide bonds. The smallest absolute Gasteiger partial charge is 0.0306 e. The zero-order valence-corrected chi connectivity index (χ0v) is 12.6. The Morgan fingerprint density at radius 3 is 2.59 bits per heavy atom. The van der Waals surface area contributed by atoms with E-state index in [0.717, 1.165) is 6.42 Å². The van der Waals surface area contributed by atoms with Crippen LogP contribution in [0.2, 0.25) is 0 Å². The van der Waals surface area contributed by atoms with Crippen LogP contribution < -0.4 is 5.73 Å². The van der Waals surface area contributed by atoms with Crippen molar-refractivity contribution in [2.24, 2.45) is 5.73 Å². The molecule has 1 aromatic carbocycles. The monoisotopic (exact) mass is 297 g/mol. The first-order valence-corrected chi connectivity index (χ1v) is 7.46. The van der Waals surface area contributed by atoms with Crippen molar-refractivity contribution < 1.29 is 0 Å². The minimum atomic E-state index is 0.172. The summed E-state index contributed by atoms with van der Waals surface area (Å²) in [5.41, 5.74) is 8.77. The number of unbranched alkanes of at least 4 members (excludes halogenated alkanes) is 4. The summed E-state index contributed by atoms with van der Waals surface area (Å²) in [7, 11) is 0. The number of aryl methyl sites for hydroxylation is 1. The van der Waals surface area contributed by atoms with Gasteiger partial charge < -0.3 is 5.73 Å². The average Bonchev–Trinajstić information content (AvgIpc) is 2.32. The molecule has 0 aliphatic rings. The van der Waals surface area contributed by atoms with Gasteiger partial charge in [0.05, 0.1) is 0 Å². The van der Waals surface area contributed by atoms with Crippen LogP contribution in [0.25, 0.3) is 0 Å². The van der Waals surface area contributed by atoms with Crippen LogP contribution in [0.5, 0.6) is 0 Å². The molecule has 1 atom stereocenters. The quantitative estimate of drug-likeness (QED) is 0.695. The van der Waals surface area contributed by atoms with Gasteiger partial charge in [0.1, 0.15) is 0 Å². The zero-order chi connectivity index (χ0) is 12.7. The molecule has 2 N–H and O–H groups in total. The Bertz CT molecular complexity index is 336. The van der Waals surface area contributed by atoms with E-state index < -0.39 is 0 Å². The van der Waals surface area contributed by atoms with Crippen LogP contribution in [0.4, 0.5) is 0 Å². The van der Waals surface area contributed by atoms with Gasteiger partial charge in [-0.25, -0.2) is 0 Å². The maximum Gasteiger partial charge on any atom is 0.0306 e. The molecule has 0 fully saturated rings. The number of nitrogens with two attached hydrogens (primary N) is 1. The molecule has 0 bridgehead atoms. The molecule has 0 aliphatic heterocycles. The van der Waals surface area contributed by atoms with Gasteiger partial charge in [-0.1, -0.05) is 73.2 Å². The molecule has 0 aromatic heterocycles. The molecule has 1 nitrogen and oxygen atoms in total. The fraction of sp³-hybridized carbons (Fsp3) is 0.600. The standard InChI is InChI=1S/C15H24BrN/c1-3-4-5-6-7-11-14(17)13-10-8-9-12(2)15(13)16/h8-10,14H,3-7,11,17H2,1-2H3. The van der Waals surface area contributed by atoms with Crippen molar-refractivity contribution in [3.63, 3.8) is 0 Å². The van der Waals surface area contributed by atoms with E-state index in [4.69, 9.17) is 5.73 Å². The van der Waals surface area contributed by atoms with E-state index in [9.17, 15) is 0 Å². The van der Waals surface area contributed by atoms with E-state index in [1.165, 1.54) is 47.7 Å². The summed E-state index contributed by atoms with van der Waals surface area (Å²) in [4.78, 5) is 0. The molecule has 0 heterocycles. The summed E-state index contributed by atoms with van der Waals surface area (Å²) < 4.78 is 1.18. The fourth-order valence-electron chi connectivity index (χ4n) is 2.08. The number of rotatable bonds is 7. The second kappa shape index (κ2) is 7.88. The van der Waals surface area contributed by atoms with Crippen LogP contribution in [-0.4, -0.2) is 0 Å². The molecule has 0 aliphatic carbocycles. The van der Waals surface area contributed by atoms with Crippen LogP contribution in [-0.2, 0) is 0 Å². The summed E-state index contributed by atoms with van der Waals surface area (Å²) in [5, 5.41) is 0. The van der Waals surface area contributed by atoms with E-state index in [0.29, 0.717) is 0 Å². The molecule has 0 saturated carbocycles. The second-order valence-electron chi connectivity index (χ2n) is 4.79. The number of benzene rings is 1. The maximum absolute atomic E-state index is 6.25. The summed E-state index contributed by atoms with van der Waals surface area (Å²) >= 11 is 3.63. The topological polar surface area (TPSA) is 26.0 Å². The SMILES string of the molecule is CCCCCCCC(N)c1cccc(C)c1Br. The Balaban J connectivity index is 2.41. The first-order chi connectivity index (χ1) is 8.16. The van der Waals surface area contributed by atoms with Crippen LogP contribution in [0.3, 0.4) is 0 Å². The third kappa shape index (κ3) is 4.81. The van der Waals surface area contributed by atoms with Crippen molar-refractivity contribution in [1.82, 2.24) is 0 Å². The van der Waals surface area contributed by atoms with Gasteiger partial charge >= 0.3 is 0 Å². The second-order valence-corrected chi connectivity index (χ2v) is 5.58. The highest BCUT2D eigenvalue weighted by Gasteiger charge is 2.10. The fourth-order valence-corrected chi connectivity index (χ4v) is 2.64. The van der Waals surface area contributed by atoms with Crippen molar-refractivity contribution in [3.05, 3.63) is 33.8 Å². The van der Waals surface area contributed by atoms with Crippen LogP contribution >= 0.6 is 15.9 Å². The van der Waals surface area contributed by atoms with E-state index in [-0.39, 0.29) is 6.04 Å². The van der Waals surface area contributed by atoms with Gasteiger partial charge in [-0.15, -0.1) is 0 Å². The number of hydrogen-bond acceptors (Lipinski definition) is 1. The van der Waals surface area contributed by atoms with Crippen LogP contribution in [0, 0.1) is 6.92 Å². The Morgan fingerprint density at radius 2 is 1.88 bits per heavy atom. The lowest BCUT2D eigenvalue weighted by Gasteiger charge is -2.15. The third-order valence-electron chi connectivity index (χ3n) is 3.24. The Morgan fingerprint density at radius 1 is 1.18 bits per heavy atom. The van der Waals surface area contributed by atoms with Gasteiger partial charge in [-0.2, -0.15) is 0 Å². The minimum Gasteiger partial charge on any atom is -0.324 e. The Hall–Kier alpha value is -0.340. The highest BCUT2D eigenvalue weighted by molar-refractivity contribution is 9.10. The largest absolute Gasteiger partial charge is 0.324 e. The lowest BCUT2D eigenvalue weighted by atomic mass is 9.99. The van der Waals surface area contributed by atoms with E-state index >= 15 is 0 Å². The van der Waals surface area contributed by atoms with Gasteiger partial charge in [0.2, 0.25) is 0 Å². The van der Waals surface area contributed by atoms with Crippen molar-refractivity contribution in [3.8, 4) is 0 Å². The molecule has 1 unspecified atom stereocenters. The van der Waals surface area contributed by atoms with Gasteiger partial charge in [-0.05, 0) is 24.5 Å². The van der Waals surface area contributed by atoms with Crippen molar-refractivity contribution in [2.75, 3.05) is 0 Å². The third-order valence-corrected chi connectivity index (χ3v) is 4.32. The van der Waals surface area contributed by atoms with E-state index in [2.05, 4.69) is 48.0 Å². The Labute approximate surface area is 114 Å². The van der Waals surface area contributed by atoms with Crippen LogP contribution in [0.15, 0.2) is 22.7 Å². The predicted molar refractivity (Wildman–Crippen MR) is 79.2 cm³/mol. The summed E-state index contributed by atoms with van der Waals surface area (Å²) in [6.07, 6.45) is 7.63. The van der Waals surface area contributed by atoms with Crippen LogP contribution in [0.1, 0.15) is 62.6 Å². The average molecular weight is 298 g/mol. The molecule has 96 valence electrons. The first-order valence-electron chi connectivity index (χ1n) is 6.67. The summed E-state index contributed by atoms with van der Waals surface area (Å²) in [5.74, 6) is 0. The first kappa shape index (κ1) is 14.7. The molecule has 0 radical (unpaired) electrons. The van der Waals surface area contributed by atoms with Gasteiger partial charge in [0, 0.05) is 10.5 Å². The van der Waals surface area contributed by atoms with Gasteiger partial charge in [-0.3, -0.25) is 0 Å². The van der Waals surface area contributed by atoms with E-state index in [1.807, 2.05) is 0 Å². The van der Waals surface area contributed by atoms with Gasteiger partial charge in [0.25, 0.3) is 0 Å². The zero-order valence-electron chi connectivity index (χ0n) is 11.0. The molecule has 1 aromatic rings. The molecular weight excluding hydrogens is 274 g/mol. The molecule has 1 rings (SSSR count). The van der Waals surface area contributed by atoms with Crippen molar-refractivity contribution >= 4 is 15.9 Å². The maximum atomic E-state index is 6.25. The highest BCUT2D eigenvalue weighted by Crippen LogP contribution is 2.28. The molecule has 0 saturated heterocycles. The molecule has 0 spiro atoms. The molecule has 2 heteroatoms. The minimum absolute atomic E-state index is 0.172. The van der Waals surface area contributed by atoms with E-state index in [1.54, 1.807) is 0 Å². The lowest BCUT2D eigenvalue weighted by molar-refractivity contribution is 0.554. The predicted octanol–water partition coefficient (Wildman–Crippen LogP) is 5.12. The number of halogens is 1. The summed E-state index contributed by atoms with van der Waals surface area (Å²) in [6, 6.07) is 6.51. The normalized spacial score (nSPS) is 12.7. The number of hydrogen-bond donors (Lipinski definition) is 1. The molecule has 17 heavy (non-hydrogen) atoms. The van der Waals surface area contributed by atoms with Gasteiger partial charge in [0.15, 0.2) is 0 Å². The van der Waals surface area contributed by atoms with Crippen molar-refractivity contribution in [1.29, 1.82) is 0 Å². The lowest BCUT2D eigenvalue weighted by Crippen LogP contribution is -2.11. The summed E-state index contributed by atoms with van der Waals surface area (Å²) in [6.45, 7) is 4.36. The Kier molecular flexibility index (Phi) is 6.83.